The second-order valence-corrected chi connectivity index (χ2v) is 7.74. The SMILES string of the molecule is c1csc(C(CCN2CCCCC2)Cc2cccc3c2OCO3)c1. The second kappa shape index (κ2) is 7.58. The number of nitrogens with zero attached hydrogens (tertiary/aromatic N) is 1. The first kappa shape index (κ1) is 16.0. The summed E-state index contributed by atoms with van der Waals surface area (Å²) in [6.07, 6.45) is 6.37. The van der Waals surface area contributed by atoms with E-state index in [-0.39, 0.29) is 0 Å². The monoisotopic (exact) mass is 343 g/mol. The van der Waals surface area contributed by atoms with Crippen LogP contribution in [0.3, 0.4) is 0 Å². The highest BCUT2D eigenvalue weighted by atomic mass is 32.1. The number of thiophene rings is 1. The quantitative estimate of drug-likeness (QED) is 0.760. The first-order valence-electron chi connectivity index (χ1n) is 9.03. The molecule has 0 aliphatic carbocycles. The number of rotatable bonds is 6. The topological polar surface area (TPSA) is 21.7 Å². The number of fused-ring (bicyclic) bond motifs is 1. The van der Waals surface area contributed by atoms with E-state index in [1.54, 1.807) is 0 Å². The van der Waals surface area contributed by atoms with E-state index in [9.17, 15) is 0 Å². The molecule has 1 atom stereocenters. The lowest BCUT2D eigenvalue weighted by molar-refractivity contribution is 0.173. The van der Waals surface area contributed by atoms with Gasteiger partial charge in [-0.25, -0.2) is 0 Å². The van der Waals surface area contributed by atoms with Gasteiger partial charge in [-0.2, -0.15) is 0 Å². The molecule has 2 aliphatic heterocycles. The maximum atomic E-state index is 5.71. The normalized spacial score (nSPS) is 18.7. The zero-order chi connectivity index (χ0) is 16.2. The van der Waals surface area contributed by atoms with Gasteiger partial charge in [0, 0.05) is 4.88 Å². The molecule has 4 rings (SSSR count). The highest BCUT2D eigenvalue weighted by Gasteiger charge is 2.22. The van der Waals surface area contributed by atoms with E-state index in [0.29, 0.717) is 12.7 Å². The first-order chi connectivity index (χ1) is 11.9. The molecule has 1 unspecified atom stereocenters. The Hall–Kier alpha value is -1.52. The van der Waals surface area contributed by atoms with E-state index in [4.69, 9.17) is 9.47 Å². The molecule has 0 bridgehead atoms. The maximum absolute atomic E-state index is 5.71. The van der Waals surface area contributed by atoms with Gasteiger partial charge in [-0.3, -0.25) is 0 Å². The Kier molecular flexibility index (Phi) is 5.04. The lowest BCUT2D eigenvalue weighted by Crippen LogP contribution is -2.31. The molecular formula is C20H25NO2S. The molecule has 3 heterocycles. The van der Waals surface area contributed by atoms with Crippen LogP contribution in [0.2, 0.25) is 0 Å². The number of piperidine rings is 1. The average Bonchev–Trinajstić information content (AvgIpc) is 3.31. The number of likely N-dealkylation sites (tertiary alicyclic amines) is 1. The van der Waals surface area contributed by atoms with E-state index in [0.717, 1.165) is 17.9 Å². The van der Waals surface area contributed by atoms with Gasteiger partial charge in [-0.1, -0.05) is 24.6 Å². The summed E-state index contributed by atoms with van der Waals surface area (Å²) in [4.78, 5) is 4.13. The molecule has 1 aromatic heterocycles. The summed E-state index contributed by atoms with van der Waals surface area (Å²) < 4.78 is 11.3. The molecule has 24 heavy (non-hydrogen) atoms. The number of hydrogen-bond acceptors (Lipinski definition) is 4. The van der Waals surface area contributed by atoms with Gasteiger partial charge in [0.2, 0.25) is 6.79 Å². The molecule has 2 aromatic rings. The van der Waals surface area contributed by atoms with Crippen molar-refractivity contribution in [2.45, 2.75) is 38.0 Å². The van der Waals surface area contributed by atoms with Crippen LogP contribution < -0.4 is 9.47 Å². The summed E-state index contributed by atoms with van der Waals surface area (Å²) in [7, 11) is 0. The van der Waals surface area contributed by atoms with Gasteiger partial charge < -0.3 is 14.4 Å². The van der Waals surface area contributed by atoms with Gasteiger partial charge in [-0.15, -0.1) is 11.3 Å². The van der Waals surface area contributed by atoms with Crippen LogP contribution in [0.1, 0.15) is 42.0 Å². The van der Waals surface area contributed by atoms with E-state index in [1.807, 2.05) is 17.4 Å². The van der Waals surface area contributed by atoms with Crippen molar-refractivity contribution in [1.29, 1.82) is 0 Å². The lowest BCUT2D eigenvalue weighted by Gasteiger charge is -2.28. The molecule has 0 amide bonds. The zero-order valence-corrected chi connectivity index (χ0v) is 14.9. The van der Waals surface area contributed by atoms with Crippen LogP contribution in [-0.4, -0.2) is 31.3 Å². The number of hydrogen-bond donors (Lipinski definition) is 0. The number of para-hydroxylation sites is 1. The molecule has 3 nitrogen and oxygen atoms in total. The van der Waals surface area contributed by atoms with Crippen LogP contribution in [0, 0.1) is 0 Å². The maximum Gasteiger partial charge on any atom is 0.231 e. The highest BCUT2D eigenvalue weighted by molar-refractivity contribution is 7.10. The van der Waals surface area contributed by atoms with Crippen molar-refractivity contribution in [3.8, 4) is 11.5 Å². The summed E-state index contributed by atoms with van der Waals surface area (Å²) in [5.41, 5.74) is 1.28. The largest absolute Gasteiger partial charge is 0.454 e. The molecule has 2 aliphatic rings. The van der Waals surface area contributed by atoms with Crippen molar-refractivity contribution in [3.63, 3.8) is 0 Å². The predicted octanol–water partition coefficient (Wildman–Crippen LogP) is 4.68. The average molecular weight is 343 g/mol. The minimum atomic E-state index is 0.351. The third-order valence-corrected chi connectivity index (χ3v) is 6.17. The molecule has 1 aromatic carbocycles. The van der Waals surface area contributed by atoms with Crippen LogP contribution in [0.25, 0.3) is 0 Å². The fourth-order valence-electron chi connectivity index (χ4n) is 3.81. The van der Waals surface area contributed by atoms with Gasteiger partial charge >= 0.3 is 0 Å². The van der Waals surface area contributed by atoms with Crippen LogP contribution in [0.15, 0.2) is 35.7 Å². The van der Waals surface area contributed by atoms with E-state index in [1.165, 1.54) is 55.8 Å². The smallest absolute Gasteiger partial charge is 0.231 e. The summed E-state index contributed by atoms with van der Waals surface area (Å²) in [6.45, 7) is 4.10. The minimum Gasteiger partial charge on any atom is -0.454 e. The Labute approximate surface area is 148 Å². The number of ether oxygens (including phenoxy) is 2. The molecule has 1 fully saturated rings. The number of benzene rings is 1. The van der Waals surface area contributed by atoms with Crippen LogP contribution in [0.4, 0.5) is 0 Å². The van der Waals surface area contributed by atoms with Crippen molar-refractivity contribution in [1.82, 2.24) is 4.90 Å². The predicted molar refractivity (Wildman–Crippen MR) is 98.2 cm³/mol. The molecule has 4 heteroatoms. The van der Waals surface area contributed by atoms with Gasteiger partial charge in [0.15, 0.2) is 11.5 Å². The van der Waals surface area contributed by atoms with Crippen LogP contribution >= 0.6 is 11.3 Å². The second-order valence-electron chi connectivity index (χ2n) is 6.76. The molecule has 128 valence electrons. The summed E-state index contributed by atoms with van der Waals surface area (Å²) in [5, 5.41) is 2.19. The first-order valence-corrected chi connectivity index (χ1v) is 9.91. The van der Waals surface area contributed by atoms with Crippen molar-refractivity contribution in [2.24, 2.45) is 0 Å². The van der Waals surface area contributed by atoms with E-state index in [2.05, 4.69) is 34.5 Å². The molecule has 0 radical (unpaired) electrons. The Morgan fingerprint density at radius 2 is 1.96 bits per heavy atom. The molecule has 0 saturated carbocycles. The Balaban J connectivity index is 1.48. The van der Waals surface area contributed by atoms with Crippen molar-refractivity contribution < 1.29 is 9.47 Å². The Morgan fingerprint density at radius 1 is 1.04 bits per heavy atom. The van der Waals surface area contributed by atoms with E-state index >= 15 is 0 Å². The molecule has 0 N–H and O–H groups in total. The fraction of sp³-hybridized carbons (Fsp3) is 0.500. The molecule has 1 saturated heterocycles. The lowest BCUT2D eigenvalue weighted by atomic mass is 9.93. The van der Waals surface area contributed by atoms with Gasteiger partial charge in [0.1, 0.15) is 0 Å². The van der Waals surface area contributed by atoms with Crippen LogP contribution in [0.5, 0.6) is 11.5 Å². The molecule has 0 spiro atoms. The Morgan fingerprint density at radius 3 is 2.79 bits per heavy atom. The van der Waals surface area contributed by atoms with Gasteiger partial charge in [0.25, 0.3) is 0 Å². The minimum absolute atomic E-state index is 0.351. The van der Waals surface area contributed by atoms with Crippen molar-refractivity contribution in [2.75, 3.05) is 26.4 Å². The summed E-state index contributed by atoms with van der Waals surface area (Å²) in [6, 6.07) is 10.7. The van der Waals surface area contributed by atoms with Crippen LogP contribution in [-0.2, 0) is 6.42 Å². The standard InChI is InChI=1S/C20H25NO2S/c1-2-10-21(11-3-1)12-9-16(19-8-5-13-24-19)14-17-6-4-7-18-20(17)23-15-22-18/h4-8,13,16H,1-3,9-12,14-15H2. The summed E-state index contributed by atoms with van der Waals surface area (Å²) in [5.74, 6) is 2.41. The third kappa shape index (κ3) is 3.60. The summed E-state index contributed by atoms with van der Waals surface area (Å²) >= 11 is 1.88. The Bertz CT molecular complexity index is 650. The zero-order valence-electron chi connectivity index (χ0n) is 14.1. The molecular weight excluding hydrogens is 318 g/mol. The van der Waals surface area contributed by atoms with E-state index < -0.39 is 0 Å². The fourth-order valence-corrected chi connectivity index (χ4v) is 4.67. The third-order valence-electron chi connectivity index (χ3n) is 5.13. The van der Waals surface area contributed by atoms with Gasteiger partial charge in [-0.05, 0) is 74.3 Å². The highest BCUT2D eigenvalue weighted by Crippen LogP contribution is 2.39. The van der Waals surface area contributed by atoms with Crippen molar-refractivity contribution >= 4 is 11.3 Å². The van der Waals surface area contributed by atoms with Crippen molar-refractivity contribution in [3.05, 3.63) is 46.2 Å². The van der Waals surface area contributed by atoms with Gasteiger partial charge in [0.05, 0.1) is 0 Å².